The van der Waals surface area contributed by atoms with E-state index in [2.05, 4.69) is 12.1 Å². The maximum atomic E-state index is 12.2. The highest BCUT2D eigenvalue weighted by atomic mass is 32.9. The average molecular weight is 294 g/mol. The number of carbonyl (C=O) groups excluding carboxylic acids is 1. The molecular formula is C13H10O2S3. The summed E-state index contributed by atoms with van der Waals surface area (Å²) in [6.07, 6.45) is 1.40. The minimum Gasteiger partial charge on any atom is -0.294 e. The van der Waals surface area contributed by atoms with Crippen LogP contribution in [0.4, 0.5) is 0 Å². The van der Waals surface area contributed by atoms with Gasteiger partial charge in [-0.15, -0.1) is 0 Å². The molecule has 1 unspecified atom stereocenters. The molecule has 1 aliphatic carbocycles. The summed E-state index contributed by atoms with van der Waals surface area (Å²) in [5.74, 6) is 0.391. The molecule has 1 atom stereocenters. The first kappa shape index (κ1) is 12.0. The molecule has 0 N–H and O–H groups in total. The van der Waals surface area contributed by atoms with Crippen LogP contribution in [0.15, 0.2) is 30.3 Å². The first-order chi connectivity index (χ1) is 8.79. The van der Waals surface area contributed by atoms with E-state index in [-0.39, 0.29) is 11.7 Å². The van der Waals surface area contributed by atoms with Crippen molar-refractivity contribution in [2.24, 2.45) is 0 Å². The fourth-order valence-electron chi connectivity index (χ4n) is 2.33. The third kappa shape index (κ3) is 2.02. The number of hydrogen-bond acceptors (Lipinski definition) is 4. The number of ketones is 1. The topological polar surface area (TPSA) is 34.1 Å². The first-order valence-electron chi connectivity index (χ1n) is 5.62. The maximum Gasteiger partial charge on any atom is 0.167 e. The van der Waals surface area contributed by atoms with Crippen molar-refractivity contribution in [2.75, 3.05) is 0 Å². The van der Waals surface area contributed by atoms with Crippen LogP contribution in [0.1, 0.15) is 33.1 Å². The van der Waals surface area contributed by atoms with Crippen molar-refractivity contribution >= 4 is 37.7 Å². The van der Waals surface area contributed by atoms with E-state index in [9.17, 15) is 9.00 Å². The minimum absolute atomic E-state index is 0.126. The number of fused-ring (bicyclic) bond motifs is 1. The van der Waals surface area contributed by atoms with E-state index < -0.39 is 0 Å². The summed E-state index contributed by atoms with van der Waals surface area (Å²) in [4.78, 5) is 13.3. The van der Waals surface area contributed by atoms with Gasteiger partial charge >= 0.3 is 0 Å². The molecule has 0 saturated heterocycles. The molecule has 0 bridgehead atoms. The molecule has 3 rings (SSSR count). The van der Waals surface area contributed by atoms with Crippen LogP contribution in [0.2, 0.25) is 0 Å². The number of rotatable bonds is 1. The zero-order chi connectivity index (χ0) is 12.5. The van der Waals surface area contributed by atoms with Crippen LogP contribution >= 0.6 is 20.7 Å². The van der Waals surface area contributed by atoms with Gasteiger partial charge in [0.05, 0.1) is 5.56 Å². The standard InChI is InChI=1S/C13H10O2S3/c14-10-6-9(8-4-2-1-3-5-8)7-11-12(10)13(16-15)18-17-11/h1-5,9H,6-7H2. The largest absolute Gasteiger partial charge is 0.294 e. The van der Waals surface area contributed by atoms with Gasteiger partial charge < -0.3 is 0 Å². The summed E-state index contributed by atoms with van der Waals surface area (Å²) < 4.78 is 11.6. The van der Waals surface area contributed by atoms with E-state index in [1.165, 1.54) is 15.9 Å². The molecule has 2 aromatic rings. The number of benzene rings is 1. The summed E-state index contributed by atoms with van der Waals surface area (Å²) in [7, 11) is 3.02. The normalized spacial score (nSPS) is 18.4. The van der Waals surface area contributed by atoms with Gasteiger partial charge in [0, 0.05) is 11.3 Å². The molecule has 5 heteroatoms. The fourth-order valence-corrected chi connectivity index (χ4v) is 5.74. The van der Waals surface area contributed by atoms with Gasteiger partial charge in [-0.3, -0.25) is 4.79 Å². The summed E-state index contributed by atoms with van der Waals surface area (Å²) in [6, 6.07) is 10.1. The first-order valence-corrected chi connectivity index (χ1v) is 8.51. The average Bonchev–Trinajstić information content (AvgIpc) is 2.83. The Labute approximate surface area is 115 Å². The molecule has 2 nitrogen and oxygen atoms in total. The smallest absolute Gasteiger partial charge is 0.167 e. The van der Waals surface area contributed by atoms with Crippen molar-refractivity contribution in [1.29, 1.82) is 0 Å². The molecule has 1 aromatic heterocycles. The molecule has 0 amide bonds. The van der Waals surface area contributed by atoms with Gasteiger partial charge in [0.25, 0.3) is 0 Å². The molecule has 92 valence electrons. The Morgan fingerprint density at radius 1 is 1.11 bits per heavy atom. The van der Waals surface area contributed by atoms with Crippen molar-refractivity contribution in [1.82, 2.24) is 0 Å². The van der Waals surface area contributed by atoms with E-state index in [4.69, 9.17) is 0 Å². The molecule has 1 aromatic carbocycles. The van der Waals surface area contributed by atoms with Crippen molar-refractivity contribution < 1.29 is 9.00 Å². The van der Waals surface area contributed by atoms with Gasteiger partial charge in [-0.2, -0.15) is 0 Å². The van der Waals surface area contributed by atoms with Gasteiger partial charge in [0.1, 0.15) is 15.1 Å². The Hall–Kier alpha value is -1.04. The second-order valence-electron chi connectivity index (χ2n) is 4.27. The fraction of sp³-hybridized carbons (Fsp3) is 0.231. The number of Topliss-reactive ketones (excluding diaryl/α,β-unsaturated/α-hetero) is 1. The zero-order valence-electron chi connectivity index (χ0n) is 9.42. The third-order valence-electron chi connectivity index (χ3n) is 3.19. The number of hydrogen-bond donors (Lipinski definition) is 0. The lowest BCUT2D eigenvalue weighted by molar-refractivity contribution is 0.0965. The van der Waals surface area contributed by atoms with Crippen LogP contribution < -0.4 is 0 Å². The lowest BCUT2D eigenvalue weighted by Crippen LogP contribution is -2.17. The van der Waals surface area contributed by atoms with Crippen molar-refractivity contribution in [3.05, 3.63) is 50.2 Å². The molecule has 0 aliphatic heterocycles. The highest BCUT2D eigenvalue weighted by Gasteiger charge is 2.29. The second-order valence-corrected chi connectivity index (χ2v) is 7.34. The number of carbonyl (C=O) groups is 1. The summed E-state index contributed by atoms with van der Waals surface area (Å²) in [5.41, 5.74) is 1.92. The van der Waals surface area contributed by atoms with E-state index in [1.807, 2.05) is 18.2 Å². The Bertz CT molecular complexity index is 678. The van der Waals surface area contributed by atoms with Gasteiger partial charge in [0.2, 0.25) is 0 Å². The maximum absolute atomic E-state index is 12.2. The lowest BCUT2D eigenvalue weighted by atomic mass is 9.84. The molecule has 0 saturated carbocycles. The van der Waals surface area contributed by atoms with Crippen LogP contribution in [-0.2, 0) is 17.7 Å². The zero-order valence-corrected chi connectivity index (χ0v) is 11.9. The van der Waals surface area contributed by atoms with Crippen LogP contribution in [0.3, 0.4) is 0 Å². The lowest BCUT2D eigenvalue weighted by Gasteiger charge is -2.20. The van der Waals surface area contributed by atoms with Gasteiger partial charge in [-0.1, -0.05) is 51.0 Å². The molecule has 1 heterocycles. The second kappa shape index (κ2) is 4.91. The Morgan fingerprint density at radius 2 is 1.89 bits per heavy atom. The van der Waals surface area contributed by atoms with Crippen LogP contribution in [-0.4, -0.2) is 9.99 Å². The molecular weight excluding hydrogens is 284 g/mol. The van der Waals surface area contributed by atoms with Crippen molar-refractivity contribution in [3.8, 4) is 0 Å². The van der Waals surface area contributed by atoms with Crippen LogP contribution in [0, 0.1) is 3.82 Å². The highest BCUT2D eigenvalue weighted by molar-refractivity contribution is 7.74. The molecule has 18 heavy (non-hydrogen) atoms. The van der Waals surface area contributed by atoms with Gasteiger partial charge in [0.15, 0.2) is 5.78 Å². The molecule has 0 radical (unpaired) electrons. The predicted molar refractivity (Wildman–Crippen MR) is 75.4 cm³/mol. The summed E-state index contributed by atoms with van der Waals surface area (Å²) in [5, 5.41) is 0. The molecule has 1 aliphatic rings. The summed E-state index contributed by atoms with van der Waals surface area (Å²) in [6.45, 7) is 0. The van der Waals surface area contributed by atoms with Gasteiger partial charge in [-0.05, 0) is 17.9 Å². The van der Waals surface area contributed by atoms with Crippen molar-refractivity contribution in [3.63, 3.8) is 0 Å². The van der Waals surface area contributed by atoms with E-state index in [1.54, 1.807) is 10.3 Å². The minimum atomic E-state index is 0.126. The molecule has 0 spiro atoms. The SMILES string of the molecule is O=S=c1ssc2c1C(=O)CC(c1ccccc1)C2. The third-order valence-corrected chi connectivity index (χ3v) is 6.68. The van der Waals surface area contributed by atoms with Crippen molar-refractivity contribution in [2.45, 2.75) is 18.8 Å². The predicted octanol–water partition coefficient (Wildman–Crippen LogP) is 3.47. The highest BCUT2D eigenvalue weighted by Crippen LogP contribution is 2.37. The van der Waals surface area contributed by atoms with E-state index in [0.717, 1.165) is 11.3 Å². The summed E-state index contributed by atoms with van der Waals surface area (Å²) >= 11 is 0.449. The van der Waals surface area contributed by atoms with Crippen LogP contribution in [0.25, 0.3) is 0 Å². The van der Waals surface area contributed by atoms with E-state index >= 15 is 0 Å². The quantitative estimate of drug-likeness (QED) is 0.596. The van der Waals surface area contributed by atoms with Crippen LogP contribution in [0.5, 0.6) is 0 Å². The monoisotopic (exact) mass is 294 g/mol. The van der Waals surface area contributed by atoms with Gasteiger partial charge in [-0.25, -0.2) is 4.21 Å². The van der Waals surface area contributed by atoms with E-state index in [0.29, 0.717) is 27.1 Å². The Kier molecular flexibility index (Phi) is 3.28. The Morgan fingerprint density at radius 3 is 2.61 bits per heavy atom. The molecule has 0 fully saturated rings. The Balaban J connectivity index is 2.03.